The smallest absolute Gasteiger partial charge is 0.170 e. The van der Waals surface area contributed by atoms with Crippen LogP contribution >= 0.6 is 22.6 Å². The van der Waals surface area contributed by atoms with Crippen LogP contribution in [0, 0.1) is 17.4 Å². The zero-order chi connectivity index (χ0) is 14.7. The summed E-state index contributed by atoms with van der Waals surface area (Å²) in [5.74, 6) is 0.725. The van der Waals surface area contributed by atoms with Crippen LogP contribution in [-0.2, 0) is 6.42 Å². The molecule has 0 saturated heterocycles. The molecule has 0 bridgehead atoms. The molecule has 0 unspecified atom stereocenters. The molecule has 0 amide bonds. The van der Waals surface area contributed by atoms with Crippen LogP contribution in [-0.4, -0.2) is 12.9 Å². The van der Waals surface area contributed by atoms with E-state index in [1.165, 1.54) is 11.1 Å². The minimum Gasteiger partial charge on any atom is -0.496 e. The molecule has 0 N–H and O–H groups in total. The molecule has 0 aliphatic rings. The number of hydrogen-bond acceptors (Lipinski definition) is 2. The molecule has 0 aliphatic heterocycles. The van der Waals surface area contributed by atoms with Gasteiger partial charge in [-0.1, -0.05) is 18.2 Å². The van der Waals surface area contributed by atoms with Gasteiger partial charge in [0.05, 0.1) is 12.7 Å². The van der Waals surface area contributed by atoms with Gasteiger partial charge in [-0.05, 0) is 71.3 Å². The highest BCUT2D eigenvalue weighted by molar-refractivity contribution is 14.1. The molecule has 2 aromatic rings. The first kappa shape index (κ1) is 15.0. The predicted octanol–water partition coefficient (Wildman–Crippen LogP) is 4.34. The second-order valence-corrected chi connectivity index (χ2v) is 6.11. The van der Waals surface area contributed by atoms with E-state index >= 15 is 0 Å². The first-order valence-electron chi connectivity index (χ1n) is 6.44. The van der Waals surface area contributed by atoms with E-state index in [1.54, 1.807) is 7.11 Å². The molecule has 0 saturated carbocycles. The summed E-state index contributed by atoms with van der Waals surface area (Å²) < 4.78 is 6.31. The molecule has 2 rings (SSSR count). The van der Waals surface area contributed by atoms with Gasteiger partial charge in [-0.3, -0.25) is 4.79 Å². The number of carbonyl (C=O) groups excluding carboxylic acids is 1. The van der Waals surface area contributed by atoms with Crippen LogP contribution in [0.4, 0.5) is 0 Å². The minimum atomic E-state index is 0.0867. The summed E-state index contributed by atoms with van der Waals surface area (Å²) in [7, 11) is 1.59. The lowest BCUT2D eigenvalue weighted by Gasteiger charge is -2.09. The van der Waals surface area contributed by atoms with E-state index in [-0.39, 0.29) is 5.78 Å². The van der Waals surface area contributed by atoms with Gasteiger partial charge in [0.1, 0.15) is 5.75 Å². The van der Waals surface area contributed by atoms with Crippen molar-refractivity contribution in [1.82, 2.24) is 0 Å². The van der Waals surface area contributed by atoms with Crippen molar-refractivity contribution in [3.63, 3.8) is 0 Å². The molecule has 3 heteroatoms. The Morgan fingerprint density at radius 1 is 1.10 bits per heavy atom. The number of Topliss-reactive ketones (excluding diaryl/α,β-unsaturated/α-hetero) is 1. The standard InChI is InChI=1S/C17H17IO2/c1-11-4-5-13(8-12(11)2)9-16(19)15-10-14(18)6-7-17(15)20-3/h4-8,10H,9H2,1-3H3. The van der Waals surface area contributed by atoms with E-state index in [9.17, 15) is 4.79 Å². The monoisotopic (exact) mass is 380 g/mol. The van der Waals surface area contributed by atoms with Crippen LogP contribution in [0.5, 0.6) is 5.75 Å². The lowest BCUT2D eigenvalue weighted by Crippen LogP contribution is -2.06. The Kier molecular flexibility index (Phi) is 4.81. The molecule has 0 aromatic heterocycles. The van der Waals surface area contributed by atoms with Crippen molar-refractivity contribution < 1.29 is 9.53 Å². The van der Waals surface area contributed by atoms with Crippen LogP contribution in [0.1, 0.15) is 27.0 Å². The van der Waals surface area contributed by atoms with Crippen LogP contribution in [0.25, 0.3) is 0 Å². The molecule has 2 nitrogen and oxygen atoms in total. The number of methoxy groups -OCH3 is 1. The van der Waals surface area contributed by atoms with Crippen molar-refractivity contribution in [2.75, 3.05) is 7.11 Å². The van der Waals surface area contributed by atoms with Gasteiger partial charge in [-0.25, -0.2) is 0 Å². The molecule has 0 heterocycles. The summed E-state index contributed by atoms with van der Waals surface area (Å²) in [6.45, 7) is 4.14. The molecule has 2 aromatic carbocycles. The fourth-order valence-corrected chi connectivity index (χ4v) is 2.58. The summed E-state index contributed by atoms with van der Waals surface area (Å²) >= 11 is 2.20. The Bertz CT molecular complexity index is 647. The molecular formula is C17H17IO2. The Morgan fingerprint density at radius 3 is 2.50 bits per heavy atom. The topological polar surface area (TPSA) is 26.3 Å². The van der Waals surface area contributed by atoms with E-state index in [0.29, 0.717) is 17.7 Å². The lowest BCUT2D eigenvalue weighted by atomic mass is 9.99. The van der Waals surface area contributed by atoms with Gasteiger partial charge in [0, 0.05) is 9.99 Å². The molecule has 104 valence electrons. The van der Waals surface area contributed by atoms with Gasteiger partial charge in [-0.2, -0.15) is 0 Å². The molecule has 20 heavy (non-hydrogen) atoms. The summed E-state index contributed by atoms with van der Waals surface area (Å²) in [5.41, 5.74) is 4.15. The zero-order valence-corrected chi connectivity index (χ0v) is 14.0. The van der Waals surface area contributed by atoms with E-state index in [0.717, 1.165) is 9.13 Å². The second kappa shape index (κ2) is 6.39. The maximum atomic E-state index is 12.5. The second-order valence-electron chi connectivity index (χ2n) is 4.86. The molecule has 0 aliphatic carbocycles. The van der Waals surface area contributed by atoms with Crippen LogP contribution in [0.2, 0.25) is 0 Å². The van der Waals surface area contributed by atoms with Crippen LogP contribution in [0.3, 0.4) is 0 Å². The quantitative estimate of drug-likeness (QED) is 0.583. The number of ether oxygens (including phenoxy) is 1. The van der Waals surface area contributed by atoms with E-state index in [1.807, 2.05) is 24.3 Å². The third kappa shape index (κ3) is 3.39. The van der Waals surface area contributed by atoms with Crippen LogP contribution < -0.4 is 4.74 Å². The number of halogens is 1. The van der Waals surface area contributed by atoms with Gasteiger partial charge in [0.2, 0.25) is 0 Å². The molecule has 0 spiro atoms. The number of benzene rings is 2. The SMILES string of the molecule is COc1ccc(I)cc1C(=O)Cc1ccc(C)c(C)c1. The Labute approximate surface area is 133 Å². The summed E-state index contributed by atoms with van der Waals surface area (Å²) in [4.78, 5) is 12.5. The van der Waals surface area contributed by atoms with Crippen molar-refractivity contribution in [1.29, 1.82) is 0 Å². The third-order valence-electron chi connectivity index (χ3n) is 3.40. The number of ketones is 1. The van der Waals surface area contributed by atoms with E-state index in [2.05, 4.69) is 48.6 Å². The van der Waals surface area contributed by atoms with E-state index in [4.69, 9.17) is 4.74 Å². The average Bonchev–Trinajstić information content (AvgIpc) is 2.43. The highest BCUT2D eigenvalue weighted by Gasteiger charge is 2.13. The fourth-order valence-electron chi connectivity index (χ4n) is 2.09. The predicted molar refractivity (Wildman–Crippen MR) is 89.7 cm³/mol. The number of hydrogen-bond donors (Lipinski definition) is 0. The average molecular weight is 380 g/mol. The van der Waals surface area contributed by atoms with Gasteiger partial charge in [0.25, 0.3) is 0 Å². The molecule has 0 radical (unpaired) electrons. The van der Waals surface area contributed by atoms with Crippen molar-refractivity contribution in [2.45, 2.75) is 20.3 Å². The first-order valence-corrected chi connectivity index (χ1v) is 7.52. The highest BCUT2D eigenvalue weighted by atomic mass is 127. The lowest BCUT2D eigenvalue weighted by molar-refractivity contribution is 0.0990. The first-order chi connectivity index (χ1) is 9.51. The Hall–Kier alpha value is -1.36. The maximum absolute atomic E-state index is 12.5. The van der Waals surface area contributed by atoms with Crippen molar-refractivity contribution in [3.05, 3.63) is 62.2 Å². The normalized spacial score (nSPS) is 10.4. The highest BCUT2D eigenvalue weighted by Crippen LogP contribution is 2.23. The number of rotatable bonds is 4. The van der Waals surface area contributed by atoms with Gasteiger partial charge in [-0.15, -0.1) is 0 Å². The van der Waals surface area contributed by atoms with Crippen molar-refractivity contribution >= 4 is 28.4 Å². The molecule has 0 fully saturated rings. The van der Waals surface area contributed by atoms with Crippen molar-refractivity contribution in [2.24, 2.45) is 0 Å². The van der Waals surface area contributed by atoms with Gasteiger partial charge >= 0.3 is 0 Å². The van der Waals surface area contributed by atoms with Crippen molar-refractivity contribution in [3.8, 4) is 5.75 Å². The number of carbonyl (C=O) groups is 1. The summed E-state index contributed by atoms with van der Waals surface area (Å²) in [6, 6.07) is 11.8. The zero-order valence-electron chi connectivity index (χ0n) is 11.9. The minimum absolute atomic E-state index is 0.0867. The summed E-state index contributed by atoms with van der Waals surface area (Å²) in [5, 5.41) is 0. The Morgan fingerprint density at radius 2 is 1.85 bits per heavy atom. The van der Waals surface area contributed by atoms with Gasteiger partial charge < -0.3 is 4.74 Å². The largest absolute Gasteiger partial charge is 0.496 e. The van der Waals surface area contributed by atoms with Crippen LogP contribution in [0.15, 0.2) is 36.4 Å². The maximum Gasteiger partial charge on any atom is 0.170 e. The third-order valence-corrected chi connectivity index (χ3v) is 4.07. The molecular weight excluding hydrogens is 363 g/mol. The fraction of sp³-hybridized carbons (Fsp3) is 0.235. The summed E-state index contributed by atoms with van der Waals surface area (Å²) in [6.07, 6.45) is 0.400. The van der Waals surface area contributed by atoms with E-state index < -0.39 is 0 Å². The molecule has 0 atom stereocenters. The number of aryl methyl sites for hydroxylation is 2. The van der Waals surface area contributed by atoms with Gasteiger partial charge in [0.15, 0.2) is 5.78 Å². The Balaban J connectivity index is 2.27.